The molecule has 2 aliphatic heterocycles. The van der Waals surface area contributed by atoms with E-state index in [9.17, 15) is 13.6 Å². The van der Waals surface area contributed by atoms with E-state index in [1.54, 1.807) is 31.4 Å². The van der Waals surface area contributed by atoms with Crippen LogP contribution in [0.3, 0.4) is 0 Å². The number of hydrogen-bond acceptors (Lipinski definition) is 4. The summed E-state index contributed by atoms with van der Waals surface area (Å²) in [4.78, 5) is 21.4. The van der Waals surface area contributed by atoms with E-state index < -0.39 is 11.6 Å². The second-order valence-electron chi connectivity index (χ2n) is 8.22. The molecule has 1 aromatic carbocycles. The van der Waals surface area contributed by atoms with E-state index in [1.807, 2.05) is 4.90 Å². The molecule has 29 heavy (non-hydrogen) atoms. The Hall–Kier alpha value is -2.54. The van der Waals surface area contributed by atoms with Gasteiger partial charge in [0.1, 0.15) is 5.82 Å². The zero-order valence-corrected chi connectivity index (χ0v) is 16.6. The normalized spacial score (nSPS) is 22.2. The van der Waals surface area contributed by atoms with Crippen molar-refractivity contribution in [3.05, 3.63) is 59.3 Å². The number of aromatic nitrogens is 1. The van der Waals surface area contributed by atoms with Gasteiger partial charge in [-0.25, -0.2) is 13.8 Å². The molecule has 2 fully saturated rings. The molecular weight excluding hydrogens is 374 g/mol. The zero-order chi connectivity index (χ0) is 20.4. The van der Waals surface area contributed by atoms with Crippen LogP contribution in [-0.2, 0) is 6.54 Å². The molecular formula is C22H26F2N4O. The number of nitrogens with zero attached hydrogens (tertiary/aromatic N) is 3. The quantitative estimate of drug-likeness (QED) is 0.853. The van der Waals surface area contributed by atoms with Gasteiger partial charge in [0.05, 0.1) is 0 Å². The fraction of sp³-hybridized carbons (Fsp3) is 0.455. The summed E-state index contributed by atoms with van der Waals surface area (Å²) in [6.45, 7) is 3.88. The molecule has 1 atom stereocenters. The number of benzene rings is 1. The Morgan fingerprint density at radius 2 is 2.00 bits per heavy atom. The number of carbonyl (C=O) groups is 1. The maximum absolute atomic E-state index is 13.5. The van der Waals surface area contributed by atoms with Crippen LogP contribution >= 0.6 is 0 Å². The highest BCUT2D eigenvalue weighted by Crippen LogP contribution is 2.39. The minimum Gasteiger partial charge on any atom is -0.373 e. The number of anilines is 1. The number of rotatable bonds is 4. The molecule has 1 spiro atoms. The highest BCUT2D eigenvalue weighted by atomic mass is 19.2. The molecule has 0 bridgehead atoms. The Kier molecular flexibility index (Phi) is 5.50. The molecule has 2 aliphatic rings. The second-order valence-corrected chi connectivity index (χ2v) is 8.22. The van der Waals surface area contributed by atoms with Crippen molar-refractivity contribution in [1.29, 1.82) is 0 Å². The number of carbonyl (C=O) groups excluding carboxylic acids is 1. The standard InChI is InChI=1S/C22H26F2N4O/c1-25-20-12-17(5-8-26-20)21(29)28-10-7-22(15-28)6-2-9-27(14-22)13-16-3-4-18(23)19(24)11-16/h3-5,8,11-12H,2,6-7,9-10,13-15H2,1H3,(H,25,26)/t22-/m0/s1. The molecule has 5 nitrogen and oxygen atoms in total. The summed E-state index contributed by atoms with van der Waals surface area (Å²) in [5.74, 6) is -0.893. The van der Waals surface area contributed by atoms with E-state index in [1.165, 1.54) is 12.1 Å². The fourth-order valence-corrected chi connectivity index (χ4v) is 4.67. The van der Waals surface area contributed by atoms with E-state index in [2.05, 4.69) is 15.2 Å². The van der Waals surface area contributed by atoms with Crippen LogP contribution in [0.2, 0.25) is 0 Å². The lowest BCUT2D eigenvalue weighted by Gasteiger charge is -2.40. The SMILES string of the molecule is CNc1cc(C(=O)N2CC[C@]3(CCCN(Cc4ccc(F)c(F)c4)C3)C2)ccn1. The third-order valence-corrected chi connectivity index (χ3v) is 6.12. The molecule has 2 saturated heterocycles. The van der Waals surface area contributed by atoms with Crippen LogP contribution < -0.4 is 5.32 Å². The van der Waals surface area contributed by atoms with Gasteiger partial charge < -0.3 is 10.2 Å². The number of nitrogens with one attached hydrogen (secondary N) is 1. The van der Waals surface area contributed by atoms with Crippen LogP contribution in [0.4, 0.5) is 14.6 Å². The molecule has 0 aliphatic carbocycles. The van der Waals surface area contributed by atoms with E-state index in [4.69, 9.17) is 0 Å². The average Bonchev–Trinajstić information content (AvgIpc) is 3.13. The van der Waals surface area contributed by atoms with Gasteiger partial charge in [-0.15, -0.1) is 0 Å². The van der Waals surface area contributed by atoms with E-state index >= 15 is 0 Å². The van der Waals surface area contributed by atoms with Gasteiger partial charge in [-0.05, 0) is 55.6 Å². The van der Waals surface area contributed by atoms with Crippen molar-refractivity contribution in [1.82, 2.24) is 14.8 Å². The van der Waals surface area contributed by atoms with Crippen molar-refractivity contribution in [3.63, 3.8) is 0 Å². The average molecular weight is 400 g/mol. The Morgan fingerprint density at radius 3 is 2.79 bits per heavy atom. The Balaban J connectivity index is 1.42. The molecule has 0 saturated carbocycles. The molecule has 1 aromatic heterocycles. The summed E-state index contributed by atoms with van der Waals surface area (Å²) in [6.07, 6.45) is 4.75. The summed E-state index contributed by atoms with van der Waals surface area (Å²) < 4.78 is 26.7. The summed E-state index contributed by atoms with van der Waals surface area (Å²) in [7, 11) is 1.78. The minimum absolute atomic E-state index is 0.0403. The zero-order valence-electron chi connectivity index (χ0n) is 16.6. The highest BCUT2D eigenvalue weighted by Gasteiger charge is 2.42. The van der Waals surface area contributed by atoms with Gasteiger partial charge in [0.15, 0.2) is 11.6 Å². The van der Waals surface area contributed by atoms with E-state index in [0.717, 1.165) is 51.0 Å². The first kappa shape index (κ1) is 19.8. The Morgan fingerprint density at radius 1 is 1.14 bits per heavy atom. The molecule has 7 heteroatoms. The molecule has 4 rings (SSSR count). The molecule has 1 amide bonds. The lowest BCUT2D eigenvalue weighted by Crippen LogP contribution is -2.45. The van der Waals surface area contributed by atoms with Gasteiger partial charge in [0.25, 0.3) is 5.91 Å². The summed E-state index contributed by atoms with van der Waals surface area (Å²) >= 11 is 0. The van der Waals surface area contributed by atoms with E-state index in [0.29, 0.717) is 17.9 Å². The first-order chi connectivity index (χ1) is 14.0. The number of piperidine rings is 1. The predicted molar refractivity (Wildman–Crippen MR) is 108 cm³/mol. The molecule has 0 radical (unpaired) electrons. The highest BCUT2D eigenvalue weighted by molar-refractivity contribution is 5.95. The minimum atomic E-state index is -0.814. The first-order valence-corrected chi connectivity index (χ1v) is 10.1. The number of hydrogen-bond donors (Lipinski definition) is 1. The first-order valence-electron chi connectivity index (χ1n) is 10.1. The largest absolute Gasteiger partial charge is 0.373 e. The van der Waals surface area contributed by atoms with Crippen LogP contribution in [0, 0.1) is 17.0 Å². The number of pyridine rings is 1. The van der Waals surface area contributed by atoms with Crippen LogP contribution in [0.15, 0.2) is 36.5 Å². The summed E-state index contributed by atoms with van der Waals surface area (Å²) in [5.41, 5.74) is 1.50. The van der Waals surface area contributed by atoms with Crippen molar-refractivity contribution in [3.8, 4) is 0 Å². The van der Waals surface area contributed by atoms with Crippen molar-refractivity contribution in [2.45, 2.75) is 25.8 Å². The Bertz CT molecular complexity index is 906. The number of halogens is 2. The summed E-state index contributed by atoms with van der Waals surface area (Å²) in [5, 5.41) is 2.97. The summed E-state index contributed by atoms with van der Waals surface area (Å²) in [6, 6.07) is 7.65. The third-order valence-electron chi connectivity index (χ3n) is 6.12. The lowest BCUT2D eigenvalue weighted by atomic mass is 9.79. The van der Waals surface area contributed by atoms with Crippen molar-refractivity contribution in [2.24, 2.45) is 5.41 Å². The Labute approximate surface area is 169 Å². The van der Waals surface area contributed by atoms with Crippen molar-refractivity contribution < 1.29 is 13.6 Å². The van der Waals surface area contributed by atoms with Gasteiger partial charge in [0, 0.05) is 50.4 Å². The molecule has 3 heterocycles. The monoisotopic (exact) mass is 400 g/mol. The van der Waals surface area contributed by atoms with Crippen molar-refractivity contribution in [2.75, 3.05) is 38.5 Å². The molecule has 2 aromatic rings. The smallest absolute Gasteiger partial charge is 0.254 e. The third kappa shape index (κ3) is 4.24. The molecule has 154 valence electrons. The van der Waals surface area contributed by atoms with Gasteiger partial charge >= 0.3 is 0 Å². The predicted octanol–water partition coefficient (Wildman–Crippen LogP) is 3.53. The van der Waals surface area contributed by atoms with E-state index in [-0.39, 0.29) is 11.3 Å². The second kappa shape index (κ2) is 8.06. The van der Waals surface area contributed by atoms with Crippen LogP contribution in [-0.4, -0.2) is 53.9 Å². The molecule has 0 unspecified atom stereocenters. The van der Waals surface area contributed by atoms with Gasteiger partial charge in [-0.1, -0.05) is 6.07 Å². The van der Waals surface area contributed by atoms with Crippen LogP contribution in [0.5, 0.6) is 0 Å². The topological polar surface area (TPSA) is 48.5 Å². The maximum atomic E-state index is 13.5. The van der Waals surface area contributed by atoms with Gasteiger partial charge in [-0.3, -0.25) is 9.69 Å². The van der Waals surface area contributed by atoms with Crippen LogP contribution in [0.1, 0.15) is 35.2 Å². The van der Waals surface area contributed by atoms with Gasteiger partial charge in [-0.2, -0.15) is 0 Å². The number of likely N-dealkylation sites (tertiary alicyclic amines) is 2. The number of amides is 1. The fourth-order valence-electron chi connectivity index (χ4n) is 4.67. The van der Waals surface area contributed by atoms with Gasteiger partial charge in [0.2, 0.25) is 0 Å². The van der Waals surface area contributed by atoms with Crippen LogP contribution in [0.25, 0.3) is 0 Å². The van der Waals surface area contributed by atoms with Crippen molar-refractivity contribution >= 4 is 11.7 Å². The maximum Gasteiger partial charge on any atom is 0.254 e. The molecule has 1 N–H and O–H groups in total. The lowest BCUT2D eigenvalue weighted by molar-refractivity contribution is 0.0675.